The fraction of sp³-hybridized carbons (Fsp3) is 0.200. The van der Waals surface area contributed by atoms with Crippen LogP contribution in [0, 0.1) is 5.82 Å². The highest BCUT2D eigenvalue weighted by Gasteiger charge is 2.42. The predicted molar refractivity (Wildman–Crippen MR) is 101 cm³/mol. The number of benzene rings is 2. The van der Waals surface area contributed by atoms with Crippen LogP contribution < -0.4 is 5.43 Å². The van der Waals surface area contributed by atoms with Gasteiger partial charge < -0.3 is 14.4 Å². The van der Waals surface area contributed by atoms with E-state index >= 15 is 0 Å². The second-order valence-electron chi connectivity index (χ2n) is 6.34. The molecule has 0 spiro atoms. The summed E-state index contributed by atoms with van der Waals surface area (Å²) in [6, 6.07) is 10.3. The number of aliphatic hydroxyl groups is 1. The van der Waals surface area contributed by atoms with Gasteiger partial charge in [0.2, 0.25) is 5.76 Å². The number of carbonyl (C=O) groups is 1. The summed E-state index contributed by atoms with van der Waals surface area (Å²) >= 11 is 3.37. The number of rotatable bonds is 4. The molecule has 0 aliphatic carbocycles. The van der Waals surface area contributed by atoms with Gasteiger partial charge in [0.25, 0.3) is 5.91 Å². The van der Waals surface area contributed by atoms with Gasteiger partial charge in [-0.1, -0.05) is 28.1 Å². The Balaban J connectivity index is 1.97. The van der Waals surface area contributed by atoms with Crippen molar-refractivity contribution in [1.82, 2.24) is 4.90 Å². The van der Waals surface area contributed by atoms with Crippen molar-refractivity contribution in [2.45, 2.75) is 12.5 Å². The minimum absolute atomic E-state index is 0.0232. The van der Waals surface area contributed by atoms with Gasteiger partial charge in [0.1, 0.15) is 11.4 Å². The van der Waals surface area contributed by atoms with Crippen LogP contribution in [0.25, 0.3) is 11.0 Å². The Bertz CT molecular complexity index is 1090. The maximum Gasteiger partial charge on any atom is 0.290 e. The van der Waals surface area contributed by atoms with E-state index in [-0.39, 0.29) is 35.4 Å². The smallest absolute Gasteiger partial charge is 0.290 e. The summed E-state index contributed by atoms with van der Waals surface area (Å²) in [5.74, 6) is -0.976. The SMILES string of the molecule is O=C1c2oc3ccc(F)cc3c(=O)c2C(c2ccc(Br)cc2)N1CCCO. The molecule has 0 saturated carbocycles. The Morgan fingerprint density at radius 2 is 1.89 bits per heavy atom. The largest absolute Gasteiger partial charge is 0.450 e. The van der Waals surface area contributed by atoms with Crippen LogP contribution in [0.15, 0.2) is 56.1 Å². The number of fused-ring (bicyclic) bond motifs is 2. The van der Waals surface area contributed by atoms with Crippen LogP contribution in [0.4, 0.5) is 4.39 Å². The zero-order valence-electron chi connectivity index (χ0n) is 14.1. The van der Waals surface area contributed by atoms with E-state index in [4.69, 9.17) is 4.42 Å². The van der Waals surface area contributed by atoms with Gasteiger partial charge in [0.15, 0.2) is 5.43 Å². The molecule has 1 amide bonds. The summed E-state index contributed by atoms with van der Waals surface area (Å²) in [6.45, 7) is 0.187. The second-order valence-corrected chi connectivity index (χ2v) is 7.26. The fourth-order valence-corrected chi connectivity index (χ4v) is 3.72. The van der Waals surface area contributed by atoms with Gasteiger partial charge in [-0.2, -0.15) is 0 Å². The summed E-state index contributed by atoms with van der Waals surface area (Å²) in [6.07, 6.45) is 0.370. The van der Waals surface area contributed by atoms with E-state index in [2.05, 4.69) is 15.9 Å². The molecule has 1 aromatic heterocycles. The van der Waals surface area contributed by atoms with Crippen molar-refractivity contribution in [3.63, 3.8) is 0 Å². The number of hydrogen-bond acceptors (Lipinski definition) is 4. The summed E-state index contributed by atoms with van der Waals surface area (Å²) < 4.78 is 20.2. The Morgan fingerprint density at radius 1 is 1.15 bits per heavy atom. The van der Waals surface area contributed by atoms with Crippen LogP contribution >= 0.6 is 15.9 Å². The molecule has 0 saturated heterocycles. The summed E-state index contributed by atoms with van der Waals surface area (Å²) in [4.78, 5) is 27.6. The first kappa shape index (κ1) is 17.9. The van der Waals surface area contributed by atoms with Crippen molar-refractivity contribution in [2.24, 2.45) is 0 Å². The highest BCUT2D eigenvalue weighted by atomic mass is 79.9. The van der Waals surface area contributed by atoms with Crippen molar-refractivity contribution in [2.75, 3.05) is 13.2 Å². The molecule has 1 atom stereocenters. The van der Waals surface area contributed by atoms with Crippen LogP contribution in [-0.4, -0.2) is 29.1 Å². The third kappa shape index (κ3) is 2.96. The van der Waals surface area contributed by atoms with Gasteiger partial charge in [0, 0.05) is 17.6 Å². The number of hydrogen-bond donors (Lipinski definition) is 1. The molecule has 0 bridgehead atoms. The molecule has 27 heavy (non-hydrogen) atoms. The number of halogens is 2. The maximum atomic E-state index is 13.7. The number of nitrogens with zero attached hydrogens (tertiary/aromatic N) is 1. The molecule has 138 valence electrons. The lowest BCUT2D eigenvalue weighted by Gasteiger charge is -2.24. The van der Waals surface area contributed by atoms with Gasteiger partial charge in [-0.15, -0.1) is 0 Å². The molecule has 5 nitrogen and oxygen atoms in total. The van der Waals surface area contributed by atoms with Crippen molar-refractivity contribution < 1.29 is 18.7 Å². The van der Waals surface area contributed by atoms with E-state index in [9.17, 15) is 19.1 Å². The Morgan fingerprint density at radius 3 is 2.59 bits per heavy atom. The van der Waals surface area contributed by atoms with Crippen LogP contribution in [0.2, 0.25) is 0 Å². The first-order chi connectivity index (χ1) is 13.0. The van der Waals surface area contributed by atoms with Crippen molar-refractivity contribution in [3.8, 4) is 0 Å². The number of carbonyl (C=O) groups excluding carboxylic acids is 1. The third-order valence-electron chi connectivity index (χ3n) is 4.67. The van der Waals surface area contributed by atoms with Gasteiger partial charge in [-0.05, 0) is 42.3 Å². The van der Waals surface area contributed by atoms with Gasteiger partial charge in [-0.3, -0.25) is 9.59 Å². The lowest BCUT2D eigenvalue weighted by atomic mass is 9.98. The molecule has 7 heteroatoms. The monoisotopic (exact) mass is 431 g/mol. The normalized spacial score (nSPS) is 16.2. The van der Waals surface area contributed by atoms with Gasteiger partial charge in [-0.25, -0.2) is 4.39 Å². The molecule has 2 heterocycles. The average molecular weight is 432 g/mol. The van der Waals surface area contributed by atoms with E-state index in [1.54, 1.807) is 0 Å². The van der Waals surface area contributed by atoms with Crippen LogP contribution in [-0.2, 0) is 0 Å². The molecule has 1 N–H and O–H groups in total. The quantitative estimate of drug-likeness (QED) is 0.684. The first-order valence-corrected chi connectivity index (χ1v) is 9.24. The topological polar surface area (TPSA) is 70.8 Å². The highest BCUT2D eigenvalue weighted by molar-refractivity contribution is 9.10. The Kier molecular flexibility index (Phi) is 4.57. The minimum atomic E-state index is -0.643. The molecule has 3 aromatic rings. The van der Waals surface area contributed by atoms with E-state index in [0.717, 1.165) is 16.1 Å². The molecule has 0 radical (unpaired) electrons. The number of aliphatic hydroxyl groups excluding tert-OH is 1. The molecule has 1 aliphatic heterocycles. The van der Waals surface area contributed by atoms with Gasteiger partial charge >= 0.3 is 0 Å². The second kappa shape index (κ2) is 6.90. The van der Waals surface area contributed by atoms with Crippen LogP contribution in [0.5, 0.6) is 0 Å². The summed E-state index contributed by atoms with van der Waals surface area (Å²) in [5.41, 5.74) is 0.704. The predicted octanol–water partition coefficient (Wildman–Crippen LogP) is 3.62. The van der Waals surface area contributed by atoms with E-state index in [1.807, 2.05) is 24.3 Å². The summed E-state index contributed by atoms with van der Waals surface area (Å²) in [7, 11) is 0. The van der Waals surface area contributed by atoms with Crippen molar-refractivity contribution >= 4 is 32.8 Å². The van der Waals surface area contributed by atoms with Crippen molar-refractivity contribution in [1.29, 1.82) is 0 Å². The fourth-order valence-electron chi connectivity index (χ4n) is 3.46. The van der Waals surface area contributed by atoms with Crippen molar-refractivity contribution in [3.05, 3.63) is 79.9 Å². The first-order valence-electron chi connectivity index (χ1n) is 8.45. The highest BCUT2D eigenvalue weighted by Crippen LogP contribution is 2.38. The Labute approximate surface area is 162 Å². The third-order valence-corrected chi connectivity index (χ3v) is 5.20. The lowest BCUT2D eigenvalue weighted by Crippen LogP contribution is -2.31. The van der Waals surface area contributed by atoms with E-state index in [0.29, 0.717) is 6.42 Å². The van der Waals surface area contributed by atoms with Crippen LogP contribution in [0.3, 0.4) is 0 Å². The number of amides is 1. The maximum absolute atomic E-state index is 13.7. The molecule has 1 aliphatic rings. The zero-order valence-corrected chi connectivity index (χ0v) is 15.7. The zero-order chi connectivity index (χ0) is 19.1. The lowest BCUT2D eigenvalue weighted by molar-refractivity contribution is 0.0716. The summed E-state index contributed by atoms with van der Waals surface area (Å²) in [5, 5.41) is 9.30. The Hall–Kier alpha value is -2.51. The molecular weight excluding hydrogens is 417 g/mol. The van der Waals surface area contributed by atoms with E-state index < -0.39 is 23.2 Å². The standard InChI is InChI=1S/C20H15BrFNO4/c21-12-4-2-11(3-5-12)17-16-18(25)14-10-13(22)6-7-15(14)27-19(16)20(26)23(17)8-1-9-24/h2-7,10,17,24H,1,8-9H2. The average Bonchev–Trinajstić information content (AvgIpc) is 2.94. The molecule has 0 fully saturated rings. The molecule has 1 unspecified atom stereocenters. The van der Waals surface area contributed by atoms with Gasteiger partial charge in [0.05, 0.1) is 17.0 Å². The molecular formula is C20H15BrFNO4. The molecule has 2 aromatic carbocycles. The van der Waals surface area contributed by atoms with Crippen LogP contribution in [0.1, 0.15) is 34.1 Å². The molecule has 4 rings (SSSR count). The van der Waals surface area contributed by atoms with E-state index in [1.165, 1.54) is 17.0 Å². The minimum Gasteiger partial charge on any atom is -0.450 e.